The largest absolute Gasteiger partial charge is 0.360 e. The van der Waals surface area contributed by atoms with Crippen molar-refractivity contribution in [2.24, 2.45) is 0 Å². The Bertz CT molecular complexity index is 1870. The first-order valence-electron chi connectivity index (χ1n) is 12.1. The van der Waals surface area contributed by atoms with Crippen molar-refractivity contribution in [2.75, 3.05) is 5.32 Å². The summed E-state index contributed by atoms with van der Waals surface area (Å²) in [6.45, 7) is 0. The second kappa shape index (κ2) is 10.2. The molecule has 1 atom stereocenters. The molecule has 0 spiro atoms. The number of halogens is 1. The van der Waals surface area contributed by atoms with Gasteiger partial charge in [-0.25, -0.2) is 0 Å². The van der Waals surface area contributed by atoms with E-state index in [0.29, 0.717) is 26.8 Å². The van der Waals surface area contributed by atoms with E-state index < -0.39 is 6.04 Å². The Labute approximate surface area is 231 Å². The summed E-state index contributed by atoms with van der Waals surface area (Å²) in [5.74, 6) is -0.775. The number of benzene rings is 3. The van der Waals surface area contributed by atoms with Crippen LogP contribution in [0.25, 0.3) is 26.7 Å². The number of thiophene rings is 1. The maximum absolute atomic E-state index is 13.6. The molecule has 0 aliphatic carbocycles. The molecule has 0 aliphatic rings. The maximum Gasteiger partial charge on any atom is 0.255 e. The molecule has 0 saturated carbocycles. The topological polar surface area (TPSA) is 96.0 Å². The molecule has 2 amide bonds. The summed E-state index contributed by atoms with van der Waals surface area (Å²) in [5, 5.41) is 8.20. The Balaban J connectivity index is 1.29. The minimum atomic E-state index is -0.936. The van der Waals surface area contributed by atoms with Crippen LogP contribution in [0, 0.1) is 0 Å². The summed E-state index contributed by atoms with van der Waals surface area (Å²) in [6, 6.07) is 25.9. The van der Waals surface area contributed by atoms with Gasteiger partial charge in [0, 0.05) is 55.9 Å². The highest BCUT2D eigenvalue weighted by atomic mass is 35.5. The highest BCUT2D eigenvalue weighted by molar-refractivity contribution is 7.19. The molecule has 0 aliphatic heterocycles. The first-order chi connectivity index (χ1) is 19.0. The number of rotatable bonds is 6. The lowest BCUT2D eigenvalue weighted by Gasteiger charge is -2.18. The number of anilines is 1. The fourth-order valence-corrected chi connectivity index (χ4v) is 5.75. The smallest absolute Gasteiger partial charge is 0.255 e. The van der Waals surface area contributed by atoms with E-state index in [2.05, 4.69) is 15.6 Å². The number of fused-ring (bicyclic) bond motifs is 2. The minimum Gasteiger partial charge on any atom is -0.360 e. The number of hydrogen-bond acceptors (Lipinski definition) is 4. The first-order valence-corrected chi connectivity index (χ1v) is 13.3. The van der Waals surface area contributed by atoms with Crippen molar-refractivity contribution >= 4 is 61.4 Å². The molecular weight excluding hydrogens is 532 g/mol. The predicted octanol–water partition coefficient (Wildman–Crippen LogP) is 6.30. The summed E-state index contributed by atoms with van der Waals surface area (Å²) in [5.41, 5.74) is 2.19. The lowest BCUT2D eigenvalue weighted by molar-refractivity contribution is -0.118. The minimum absolute atomic E-state index is 0.151. The molecule has 6 rings (SSSR count). The van der Waals surface area contributed by atoms with Crippen molar-refractivity contribution in [3.63, 3.8) is 0 Å². The molecule has 1 unspecified atom stereocenters. The quantitative estimate of drug-likeness (QED) is 0.226. The van der Waals surface area contributed by atoms with Crippen LogP contribution in [0.2, 0.25) is 5.02 Å². The molecule has 39 heavy (non-hydrogen) atoms. The summed E-state index contributed by atoms with van der Waals surface area (Å²) in [4.78, 5) is 42.8. The zero-order valence-corrected chi connectivity index (χ0v) is 21.9. The van der Waals surface area contributed by atoms with Crippen molar-refractivity contribution in [3.05, 3.63) is 129 Å². The number of pyridine rings is 1. The van der Waals surface area contributed by atoms with Crippen LogP contribution in [0.3, 0.4) is 0 Å². The van der Waals surface area contributed by atoms with Crippen LogP contribution < -0.4 is 16.2 Å². The summed E-state index contributed by atoms with van der Waals surface area (Å²) in [6.07, 6.45) is 3.35. The number of hydrogen-bond donors (Lipinski definition) is 3. The normalized spacial score (nSPS) is 11.9. The van der Waals surface area contributed by atoms with Gasteiger partial charge in [-0.2, -0.15) is 0 Å². The van der Waals surface area contributed by atoms with Gasteiger partial charge in [-0.05, 0) is 60.0 Å². The summed E-state index contributed by atoms with van der Waals surface area (Å²) >= 11 is 7.63. The van der Waals surface area contributed by atoms with Crippen LogP contribution >= 0.6 is 22.9 Å². The van der Waals surface area contributed by atoms with Crippen LogP contribution in [-0.2, 0) is 4.79 Å². The standard InChI is InChI=1S/C30H21ClN4O3S/c31-23-17-32-24-15-19(8-13-22(23)24)29(37)34-28(26-16-18-5-1-2-6-25(18)39-26)30(38)33-20-9-11-21(12-10-20)35-14-4-3-7-27(35)36/h1-17,28,32H,(H,33,38)(H,34,37). The molecule has 3 aromatic carbocycles. The molecule has 0 fully saturated rings. The van der Waals surface area contributed by atoms with Crippen molar-refractivity contribution in [1.29, 1.82) is 0 Å². The number of aromatic nitrogens is 2. The third-order valence-electron chi connectivity index (χ3n) is 6.40. The van der Waals surface area contributed by atoms with Crippen LogP contribution in [0.15, 0.2) is 108 Å². The number of amides is 2. The van der Waals surface area contributed by atoms with Crippen molar-refractivity contribution in [3.8, 4) is 5.69 Å². The van der Waals surface area contributed by atoms with Gasteiger partial charge in [0.15, 0.2) is 0 Å². The van der Waals surface area contributed by atoms with Gasteiger partial charge in [-0.3, -0.25) is 19.0 Å². The lowest BCUT2D eigenvalue weighted by atomic mass is 10.1. The zero-order valence-electron chi connectivity index (χ0n) is 20.4. The molecule has 3 heterocycles. The van der Waals surface area contributed by atoms with Crippen molar-refractivity contribution in [2.45, 2.75) is 6.04 Å². The number of nitrogens with zero attached hydrogens (tertiary/aromatic N) is 1. The van der Waals surface area contributed by atoms with E-state index in [4.69, 9.17) is 11.6 Å². The van der Waals surface area contributed by atoms with E-state index in [1.807, 2.05) is 30.3 Å². The third kappa shape index (κ3) is 4.95. The van der Waals surface area contributed by atoms with E-state index in [1.54, 1.807) is 67.0 Å². The van der Waals surface area contributed by atoms with Gasteiger partial charge < -0.3 is 15.6 Å². The summed E-state index contributed by atoms with van der Waals surface area (Å²) < 4.78 is 2.53. The highest BCUT2D eigenvalue weighted by Gasteiger charge is 2.26. The number of carbonyl (C=O) groups is 2. The molecule has 9 heteroatoms. The Kier molecular flexibility index (Phi) is 6.48. The van der Waals surface area contributed by atoms with Gasteiger partial charge in [0.2, 0.25) is 0 Å². The Morgan fingerprint density at radius 1 is 0.923 bits per heavy atom. The molecular formula is C30H21ClN4O3S. The summed E-state index contributed by atoms with van der Waals surface area (Å²) in [7, 11) is 0. The monoisotopic (exact) mass is 552 g/mol. The maximum atomic E-state index is 13.6. The molecule has 3 aromatic heterocycles. The molecule has 3 N–H and O–H groups in total. The Morgan fingerprint density at radius 3 is 2.51 bits per heavy atom. The second-order valence-corrected chi connectivity index (χ2v) is 10.5. The molecule has 192 valence electrons. The van der Waals surface area contributed by atoms with Gasteiger partial charge in [-0.15, -0.1) is 11.3 Å². The SMILES string of the molecule is O=C(NC(C(=O)Nc1ccc(-n2ccccc2=O)cc1)c1cc2ccccc2s1)c1ccc2c(Cl)c[nH]c2c1. The number of carbonyl (C=O) groups excluding carboxylic acids is 2. The molecule has 0 bridgehead atoms. The lowest BCUT2D eigenvalue weighted by Crippen LogP contribution is -2.36. The van der Waals surface area contributed by atoms with Crippen LogP contribution in [0.5, 0.6) is 0 Å². The second-order valence-electron chi connectivity index (χ2n) is 8.94. The van der Waals surface area contributed by atoms with Crippen LogP contribution in [-0.4, -0.2) is 21.4 Å². The number of nitrogens with one attached hydrogen (secondary N) is 3. The molecule has 0 saturated heterocycles. The van der Waals surface area contributed by atoms with Crippen molar-refractivity contribution in [1.82, 2.24) is 14.9 Å². The highest BCUT2D eigenvalue weighted by Crippen LogP contribution is 2.31. The van der Waals surface area contributed by atoms with E-state index in [1.165, 1.54) is 22.0 Å². The average molecular weight is 553 g/mol. The molecule has 6 aromatic rings. The zero-order chi connectivity index (χ0) is 26.9. The molecule has 0 radical (unpaired) electrons. The Hall–Kier alpha value is -4.66. The van der Waals surface area contributed by atoms with Gasteiger partial charge in [0.1, 0.15) is 6.04 Å². The van der Waals surface area contributed by atoms with Crippen LogP contribution in [0.1, 0.15) is 21.3 Å². The van der Waals surface area contributed by atoms with E-state index in [-0.39, 0.29) is 17.4 Å². The van der Waals surface area contributed by atoms with Gasteiger partial charge in [0.25, 0.3) is 17.4 Å². The van der Waals surface area contributed by atoms with Crippen LogP contribution in [0.4, 0.5) is 5.69 Å². The number of H-pyrrole nitrogens is 1. The number of aromatic amines is 1. The van der Waals surface area contributed by atoms with Gasteiger partial charge in [-0.1, -0.05) is 41.9 Å². The van der Waals surface area contributed by atoms with Crippen molar-refractivity contribution < 1.29 is 9.59 Å². The molecule has 7 nitrogen and oxygen atoms in total. The van der Waals surface area contributed by atoms with Gasteiger partial charge >= 0.3 is 0 Å². The van der Waals surface area contributed by atoms with Gasteiger partial charge in [0.05, 0.1) is 5.02 Å². The Morgan fingerprint density at radius 2 is 1.72 bits per heavy atom. The van der Waals surface area contributed by atoms with E-state index in [9.17, 15) is 14.4 Å². The van der Waals surface area contributed by atoms with E-state index in [0.717, 1.165) is 21.0 Å². The fourth-order valence-electron chi connectivity index (χ4n) is 4.42. The third-order valence-corrected chi connectivity index (χ3v) is 7.89. The predicted molar refractivity (Wildman–Crippen MR) is 156 cm³/mol. The first kappa shape index (κ1) is 24.7. The fraction of sp³-hybridized carbons (Fsp3) is 0.0333. The average Bonchev–Trinajstić information content (AvgIpc) is 3.55. The van der Waals surface area contributed by atoms with E-state index >= 15 is 0 Å².